The summed E-state index contributed by atoms with van der Waals surface area (Å²) in [6.07, 6.45) is 11.9. The predicted molar refractivity (Wildman–Crippen MR) is 80.6 cm³/mol. The number of pyridine rings is 1. The van der Waals surface area contributed by atoms with E-state index in [0.717, 1.165) is 17.9 Å². The average Bonchev–Trinajstić information content (AvgIpc) is 2.75. The van der Waals surface area contributed by atoms with Gasteiger partial charge in [-0.05, 0) is 55.4 Å². The first-order valence-electron chi connectivity index (χ1n) is 6.99. The van der Waals surface area contributed by atoms with Crippen LogP contribution in [0.5, 0.6) is 0 Å². The van der Waals surface area contributed by atoms with Gasteiger partial charge < -0.3 is 5.73 Å². The SMILES string of the molecule is CC(N)=CC=Nc1cc(CC2(C)CCCC2)ccn1. The minimum absolute atomic E-state index is 0.468. The molecule has 0 bridgehead atoms. The molecule has 0 amide bonds. The fourth-order valence-electron chi connectivity index (χ4n) is 2.77. The first kappa shape index (κ1) is 13.8. The summed E-state index contributed by atoms with van der Waals surface area (Å²) in [6, 6.07) is 4.19. The van der Waals surface area contributed by atoms with Gasteiger partial charge in [-0.2, -0.15) is 0 Å². The maximum Gasteiger partial charge on any atom is 0.151 e. The summed E-state index contributed by atoms with van der Waals surface area (Å²) in [5.74, 6) is 0.761. The summed E-state index contributed by atoms with van der Waals surface area (Å²) < 4.78 is 0. The molecule has 2 N–H and O–H groups in total. The minimum Gasteiger partial charge on any atom is -0.402 e. The Morgan fingerprint density at radius 2 is 2.21 bits per heavy atom. The van der Waals surface area contributed by atoms with Gasteiger partial charge in [0.25, 0.3) is 0 Å². The molecule has 1 saturated carbocycles. The molecule has 1 fully saturated rings. The van der Waals surface area contributed by atoms with Crippen LogP contribution in [-0.2, 0) is 6.42 Å². The summed E-state index contributed by atoms with van der Waals surface area (Å²) in [5, 5.41) is 0. The molecule has 102 valence electrons. The fourth-order valence-corrected chi connectivity index (χ4v) is 2.77. The lowest BCUT2D eigenvalue weighted by atomic mass is 9.82. The molecule has 1 aromatic rings. The topological polar surface area (TPSA) is 51.3 Å². The third-order valence-electron chi connectivity index (χ3n) is 3.80. The van der Waals surface area contributed by atoms with Gasteiger partial charge in [0, 0.05) is 18.1 Å². The van der Waals surface area contributed by atoms with Crippen molar-refractivity contribution in [3.05, 3.63) is 35.7 Å². The van der Waals surface area contributed by atoms with Gasteiger partial charge in [0.1, 0.15) is 0 Å². The summed E-state index contributed by atoms with van der Waals surface area (Å²) >= 11 is 0. The van der Waals surface area contributed by atoms with Crippen LogP contribution in [0.15, 0.2) is 35.1 Å². The third kappa shape index (κ3) is 4.19. The first-order chi connectivity index (χ1) is 9.07. The van der Waals surface area contributed by atoms with E-state index in [-0.39, 0.29) is 0 Å². The predicted octanol–water partition coefficient (Wildman–Crippen LogP) is 3.77. The van der Waals surface area contributed by atoms with Gasteiger partial charge in [0.15, 0.2) is 5.82 Å². The molecule has 1 aliphatic rings. The summed E-state index contributed by atoms with van der Waals surface area (Å²) in [6.45, 7) is 4.24. The van der Waals surface area contributed by atoms with E-state index in [1.54, 1.807) is 12.3 Å². The van der Waals surface area contributed by atoms with E-state index in [4.69, 9.17) is 5.73 Å². The number of nitrogens with two attached hydrogens (primary N) is 1. The molecule has 1 heterocycles. The number of nitrogens with zero attached hydrogens (tertiary/aromatic N) is 2. The number of rotatable bonds is 4. The Morgan fingerprint density at radius 1 is 1.47 bits per heavy atom. The Morgan fingerprint density at radius 3 is 2.89 bits per heavy atom. The largest absolute Gasteiger partial charge is 0.402 e. The highest BCUT2D eigenvalue weighted by Crippen LogP contribution is 2.40. The van der Waals surface area contributed by atoms with Crippen molar-refractivity contribution in [3.63, 3.8) is 0 Å². The zero-order chi connectivity index (χ0) is 13.7. The standard InChI is InChI=1S/C16H23N3/c1-13(17)5-9-18-15-11-14(6-10-19-15)12-16(2)7-3-4-8-16/h5-6,9-11H,3-4,7-8,12,17H2,1-2H3. The maximum absolute atomic E-state index is 5.56. The van der Waals surface area contributed by atoms with Crippen LogP contribution in [0.2, 0.25) is 0 Å². The second-order valence-electron chi connectivity index (χ2n) is 5.91. The molecule has 2 rings (SSSR count). The zero-order valence-corrected chi connectivity index (χ0v) is 11.9. The molecular formula is C16H23N3. The number of aliphatic imine (C=N–C) groups is 1. The van der Waals surface area contributed by atoms with Crippen LogP contribution in [0.25, 0.3) is 0 Å². The number of hydrogen-bond donors (Lipinski definition) is 1. The molecule has 0 radical (unpaired) electrons. The molecule has 0 saturated heterocycles. The smallest absolute Gasteiger partial charge is 0.151 e. The van der Waals surface area contributed by atoms with Gasteiger partial charge in [0.2, 0.25) is 0 Å². The monoisotopic (exact) mass is 257 g/mol. The second-order valence-corrected chi connectivity index (χ2v) is 5.91. The number of aromatic nitrogens is 1. The average molecular weight is 257 g/mol. The Kier molecular flexibility index (Phi) is 4.35. The van der Waals surface area contributed by atoms with Gasteiger partial charge in [-0.15, -0.1) is 0 Å². The molecule has 0 spiro atoms. The van der Waals surface area contributed by atoms with E-state index in [1.807, 2.05) is 13.1 Å². The van der Waals surface area contributed by atoms with Crippen molar-refractivity contribution >= 4 is 12.0 Å². The zero-order valence-electron chi connectivity index (χ0n) is 11.9. The van der Waals surface area contributed by atoms with Crippen molar-refractivity contribution in [2.24, 2.45) is 16.1 Å². The van der Waals surface area contributed by atoms with Gasteiger partial charge in [-0.25, -0.2) is 9.98 Å². The highest BCUT2D eigenvalue weighted by molar-refractivity contribution is 5.74. The van der Waals surface area contributed by atoms with Crippen molar-refractivity contribution in [1.29, 1.82) is 0 Å². The Balaban J connectivity index is 2.06. The fraction of sp³-hybridized carbons (Fsp3) is 0.500. The minimum atomic E-state index is 0.468. The quantitative estimate of drug-likeness (QED) is 0.835. The van der Waals surface area contributed by atoms with Crippen molar-refractivity contribution in [1.82, 2.24) is 4.98 Å². The van der Waals surface area contributed by atoms with E-state index in [1.165, 1.54) is 31.2 Å². The Hall–Kier alpha value is -1.64. The van der Waals surface area contributed by atoms with Crippen molar-refractivity contribution in [2.45, 2.75) is 46.0 Å². The molecule has 0 aromatic carbocycles. The van der Waals surface area contributed by atoms with Crippen molar-refractivity contribution < 1.29 is 0 Å². The van der Waals surface area contributed by atoms with Crippen LogP contribution in [0, 0.1) is 5.41 Å². The lowest BCUT2D eigenvalue weighted by Gasteiger charge is -2.23. The van der Waals surface area contributed by atoms with E-state index in [9.17, 15) is 0 Å². The van der Waals surface area contributed by atoms with E-state index in [0.29, 0.717) is 5.41 Å². The van der Waals surface area contributed by atoms with Gasteiger partial charge in [0.05, 0.1) is 0 Å². The van der Waals surface area contributed by atoms with Crippen LogP contribution in [0.1, 0.15) is 45.1 Å². The van der Waals surface area contributed by atoms with Crippen LogP contribution < -0.4 is 5.73 Å². The molecule has 3 heteroatoms. The van der Waals surface area contributed by atoms with E-state index < -0.39 is 0 Å². The molecule has 3 nitrogen and oxygen atoms in total. The first-order valence-corrected chi connectivity index (χ1v) is 6.99. The molecule has 0 unspecified atom stereocenters. The highest BCUT2D eigenvalue weighted by atomic mass is 14.9. The number of hydrogen-bond acceptors (Lipinski definition) is 3. The van der Waals surface area contributed by atoms with E-state index >= 15 is 0 Å². The van der Waals surface area contributed by atoms with Crippen molar-refractivity contribution in [2.75, 3.05) is 0 Å². The van der Waals surface area contributed by atoms with Crippen LogP contribution in [0.3, 0.4) is 0 Å². The summed E-state index contributed by atoms with van der Waals surface area (Å²) in [5.41, 5.74) is 8.11. The third-order valence-corrected chi connectivity index (χ3v) is 3.80. The van der Waals surface area contributed by atoms with Gasteiger partial charge in [-0.3, -0.25) is 0 Å². The highest BCUT2D eigenvalue weighted by Gasteiger charge is 2.28. The molecule has 0 aliphatic heterocycles. The molecule has 19 heavy (non-hydrogen) atoms. The molecule has 1 aliphatic carbocycles. The number of allylic oxidation sites excluding steroid dienone is 2. The lowest BCUT2D eigenvalue weighted by Crippen LogP contribution is -2.14. The van der Waals surface area contributed by atoms with Gasteiger partial charge in [-0.1, -0.05) is 19.8 Å². The van der Waals surface area contributed by atoms with Crippen LogP contribution in [-0.4, -0.2) is 11.2 Å². The lowest BCUT2D eigenvalue weighted by molar-refractivity contribution is 0.334. The Labute approximate surface area is 115 Å². The van der Waals surface area contributed by atoms with Crippen LogP contribution >= 0.6 is 0 Å². The Bertz CT molecular complexity index is 479. The maximum atomic E-state index is 5.56. The summed E-state index contributed by atoms with van der Waals surface area (Å²) in [4.78, 5) is 8.58. The van der Waals surface area contributed by atoms with Gasteiger partial charge >= 0.3 is 0 Å². The molecular weight excluding hydrogens is 234 g/mol. The summed E-state index contributed by atoms with van der Waals surface area (Å²) in [7, 11) is 0. The van der Waals surface area contributed by atoms with Crippen LogP contribution in [0.4, 0.5) is 5.82 Å². The molecule has 1 aromatic heterocycles. The second kappa shape index (κ2) is 6.00. The normalized spacial score (nSPS) is 19.2. The molecule has 0 atom stereocenters. The van der Waals surface area contributed by atoms with Crippen molar-refractivity contribution in [3.8, 4) is 0 Å². The van der Waals surface area contributed by atoms with E-state index in [2.05, 4.69) is 29.0 Å².